The van der Waals surface area contributed by atoms with E-state index >= 15 is 0 Å². The average molecular weight is 185 g/mol. The first kappa shape index (κ1) is 10.0. The Morgan fingerprint density at radius 1 is 1.00 bits per heavy atom. The molecule has 0 N–H and O–H groups in total. The van der Waals surface area contributed by atoms with Crippen LogP contribution in [0.2, 0.25) is 0 Å². The van der Waals surface area contributed by atoms with Crippen LogP contribution in [0.4, 0.5) is 0 Å². The quantitative estimate of drug-likeness (QED) is 0.364. The van der Waals surface area contributed by atoms with Gasteiger partial charge in [0.1, 0.15) is 0 Å². The summed E-state index contributed by atoms with van der Waals surface area (Å²) in [5.74, 6) is 0. The summed E-state index contributed by atoms with van der Waals surface area (Å²) in [4.78, 5) is 0. The molecular formula is H2MnS4. The Bertz CT molecular complexity index is 5.61. The van der Waals surface area contributed by atoms with Gasteiger partial charge in [0.2, 0.25) is 0 Å². The Kier molecular flexibility index (Phi) is 18.7. The van der Waals surface area contributed by atoms with Crippen LogP contribution < -0.4 is 0 Å². The molecule has 0 saturated heterocycles. The van der Waals surface area contributed by atoms with Gasteiger partial charge in [0.05, 0.1) is 0 Å². The molecule has 0 saturated carbocycles. The molecule has 0 aliphatic rings. The van der Waals surface area contributed by atoms with E-state index in [1.807, 2.05) is 0 Å². The van der Waals surface area contributed by atoms with E-state index in [0.717, 1.165) is 0 Å². The molecule has 0 aliphatic heterocycles. The van der Waals surface area contributed by atoms with E-state index in [9.17, 15) is 0 Å². The summed E-state index contributed by atoms with van der Waals surface area (Å²) in [5.41, 5.74) is 0. The topological polar surface area (TPSA) is 0 Å². The molecule has 1 radical (unpaired) electrons. The fourth-order valence-electron chi connectivity index (χ4n) is 0. The summed E-state index contributed by atoms with van der Waals surface area (Å²) in [6.07, 6.45) is 0. The van der Waals surface area contributed by atoms with Crippen LogP contribution in [0.3, 0.4) is 0 Å². The van der Waals surface area contributed by atoms with Crippen molar-refractivity contribution in [3.8, 4) is 0 Å². The van der Waals surface area contributed by atoms with E-state index < -0.39 is 0 Å². The SMILES string of the molecule is SSSS.[Mn]. The minimum Gasteiger partial charge on any atom is -0.0989 e. The molecule has 0 amide bonds. The Labute approximate surface area is 59.7 Å². The van der Waals surface area contributed by atoms with Gasteiger partial charge >= 0.3 is 0 Å². The van der Waals surface area contributed by atoms with Crippen molar-refractivity contribution in [3.05, 3.63) is 0 Å². The van der Waals surface area contributed by atoms with Crippen molar-refractivity contribution in [2.75, 3.05) is 0 Å². The molecule has 33 valence electrons. The van der Waals surface area contributed by atoms with Crippen molar-refractivity contribution in [3.63, 3.8) is 0 Å². The molecule has 0 bridgehead atoms. The molecule has 0 nitrogen and oxygen atoms in total. The summed E-state index contributed by atoms with van der Waals surface area (Å²) < 4.78 is 0. The molecule has 0 aliphatic carbocycles. The van der Waals surface area contributed by atoms with E-state index in [0.29, 0.717) is 0 Å². The molecule has 0 fully saturated rings. The van der Waals surface area contributed by atoms with Gasteiger partial charge in [-0.1, -0.05) is 23.3 Å². The molecule has 0 aromatic rings. The van der Waals surface area contributed by atoms with Gasteiger partial charge in [-0.25, -0.2) is 0 Å². The van der Waals surface area contributed by atoms with Crippen LogP contribution in [0.5, 0.6) is 0 Å². The molecule has 5 heteroatoms. The van der Waals surface area contributed by atoms with Crippen molar-refractivity contribution in [2.45, 2.75) is 0 Å². The Morgan fingerprint density at radius 3 is 1.20 bits per heavy atom. The number of thiol groups is 2. The summed E-state index contributed by atoms with van der Waals surface area (Å²) in [7, 11) is 2.66. The van der Waals surface area contributed by atoms with Crippen LogP contribution in [-0.4, -0.2) is 0 Å². The average Bonchev–Trinajstić information content (AvgIpc) is 1.37. The van der Waals surface area contributed by atoms with Crippen LogP contribution in [-0.2, 0) is 17.1 Å². The first-order chi connectivity index (χ1) is 1.91. The van der Waals surface area contributed by atoms with Crippen LogP contribution in [0, 0.1) is 0 Å². The third-order valence-corrected chi connectivity index (χ3v) is 2.70. The van der Waals surface area contributed by atoms with Crippen molar-refractivity contribution < 1.29 is 17.1 Å². The molecule has 0 aromatic carbocycles. The smallest absolute Gasteiger partial charge is 0 e. The van der Waals surface area contributed by atoms with Crippen molar-refractivity contribution in [2.24, 2.45) is 0 Å². The van der Waals surface area contributed by atoms with Gasteiger partial charge < -0.3 is 0 Å². The molecule has 5 heavy (non-hydrogen) atoms. The fourth-order valence-corrected chi connectivity index (χ4v) is 0. The van der Waals surface area contributed by atoms with Gasteiger partial charge in [0, 0.05) is 17.1 Å². The first-order valence-corrected chi connectivity index (χ1v) is 4.79. The van der Waals surface area contributed by atoms with Crippen LogP contribution in [0.25, 0.3) is 0 Å². The van der Waals surface area contributed by atoms with E-state index in [-0.39, 0.29) is 17.1 Å². The van der Waals surface area contributed by atoms with Crippen LogP contribution >= 0.6 is 43.0 Å². The van der Waals surface area contributed by atoms with E-state index in [1.165, 1.54) is 19.7 Å². The second-order valence-corrected chi connectivity index (χ2v) is 4.02. The third kappa shape index (κ3) is 10.7. The zero-order valence-electron chi connectivity index (χ0n) is 2.09. The molecule has 0 aromatic heterocycles. The maximum Gasteiger partial charge on any atom is 0 e. The minimum absolute atomic E-state index is 0. The molecule has 0 unspecified atom stereocenters. The van der Waals surface area contributed by atoms with E-state index in [4.69, 9.17) is 0 Å². The number of rotatable bonds is 1. The van der Waals surface area contributed by atoms with Crippen molar-refractivity contribution in [1.82, 2.24) is 0 Å². The van der Waals surface area contributed by atoms with Crippen molar-refractivity contribution in [1.29, 1.82) is 0 Å². The summed E-state index contributed by atoms with van der Waals surface area (Å²) >= 11 is 7.45. The maximum absolute atomic E-state index is 3.72. The third-order valence-electron chi connectivity index (χ3n) is 0.0333. The fraction of sp³-hybridized carbons (Fsp3) is 0. The van der Waals surface area contributed by atoms with E-state index in [1.54, 1.807) is 0 Å². The van der Waals surface area contributed by atoms with E-state index in [2.05, 4.69) is 23.3 Å². The predicted molar refractivity (Wildman–Crippen MR) is 33.2 cm³/mol. The van der Waals surface area contributed by atoms with Gasteiger partial charge in [-0.3, -0.25) is 0 Å². The van der Waals surface area contributed by atoms with Crippen LogP contribution in [0.15, 0.2) is 0 Å². The Balaban J connectivity index is 0. The van der Waals surface area contributed by atoms with Gasteiger partial charge in [-0.15, -0.1) is 0 Å². The molecule has 0 atom stereocenters. The minimum atomic E-state index is 0. The molecule has 0 heterocycles. The summed E-state index contributed by atoms with van der Waals surface area (Å²) in [5, 5.41) is 0. The van der Waals surface area contributed by atoms with Gasteiger partial charge in [0.25, 0.3) is 0 Å². The monoisotopic (exact) mass is 185 g/mol. The van der Waals surface area contributed by atoms with Crippen LogP contribution in [0.1, 0.15) is 0 Å². The summed E-state index contributed by atoms with van der Waals surface area (Å²) in [6, 6.07) is 0. The second kappa shape index (κ2) is 9.33. The second-order valence-electron chi connectivity index (χ2n) is 0.149. The van der Waals surface area contributed by atoms with Gasteiger partial charge in [-0.05, 0) is 19.7 Å². The normalized spacial score (nSPS) is 6.00. The Morgan fingerprint density at radius 2 is 1.20 bits per heavy atom. The Hall–Kier alpha value is 1.92. The maximum atomic E-state index is 3.72. The van der Waals surface area contributed by atoms with Gasteiger partial charge in [-0.2, -0.15) is 0 Å². The molecular weight excluding hydrogens is 183 g/mol. The first-order valence-electron chi connectivity index (χ1n) is 0.532. The predicted octanol–water partition coefficient (Wildman–Crippen LogP) is 2.05. The summed E-state index contributed by atoms with van der Waals surface area (Å²) in [6.45, 7) is 0. The van der Waals surface area contributed by atoms with Gasteiger partial charge in [0.15, 0.2) is 0 Å². The molecule has 0 spiro atoms. The number of hydrogen-bond acceptors (Lipinski definition) is 4. The zero-order valence-corrected chi connectivity index (χ0v) is 6.69. The molecule has 0 rings (SSSR count). The zero-order chi connectivity index (χ0) is 3.41. The van der Waals surface area contributed by atoms with Crippen molar-refractivity contribution >= 4 is 43.0 Å². The number of hydrogen-bond donors (Lipinski definition) is 2. The largest absolute Gasteiger partial charge is 0.0989 e. The standard InChI is InChI=1S/Mn.H2S4/c;1-3-4-2/h;1-2H.